The zero-order valence-corrected chi connectivity index (χ0v) is 10.6. The van der Waals surface area contributed by atoms with Crippen LogP contribution >= 0.6 is 11.3 Å². The molecule has 0 fully saturated rings. The molecule has 0 bridgehead atoms. The van der Waals surface area contributed by atoms with Gasteiger partial charge in [0.1, 0.15) is 0 Å². The van der Waals surface area contributed by atoms with Gasteiger partial charge in [-0.15, -0.1) is 11.3 Å². The molecule has 1 aromatic carbocycles. The SMILES string of the molecule is NC(Cc1cncs1)c1cccc2cccnc12. The Kier molecular flexibility index (Phi) is 3.04. The van der Waals surface area contributed by atoms with E-state index in [0.29, 0.717) is 0 Å². The highest BCUT2D eigenvalue weighted by Gasteiger charge is 2.12. The average Bonchev–Trinajstić information content (AvgIpc) is 2.91. The van der Waals surface area contributed by atoms with Crippen LogP contribution in [0.4, 0.5) is 0 Å². The van der Waals surface area contributed by atoms with Crippen molar-refractivity contribution in [2.75, 3.05) is 0 Å². The number of para-hydroxylation sites is 1. The maximum atomic E-state index is 6.29. The van der Waals surface area contributed by atoms with Crippen LogP contribution in [-0.4, -0.2) is 9.97 Å². The highest BCUT2D eigenvalue weighted by Crippen LogP contribution is 2.24. The minimum Gasteiger partial charge on any atom is -0.324 e. The molecule has 18 heavy (non-hydrogen) atoms. The number of nitrogens with zero attached hydrogens (tertiary/aromatic N) is 2. The number of pyridine rings is 1. The maximum Gasteiger partial charge on any atom is 0.0794 e. The summed E-state index contributed by atoms with van der Waals surface area (Å²) in [4.78, 5) is 9.72. The molecular weight excluding hydrogens is 242 g/mol. The van der Waals surface area contributed by atoms with E-state index in [0.717, 1.165) is 22.9 Å². The monoisotopic (exact) mass is 255 g/mol. The topological polar surface area (TPSA) is 51.8 Å². The number of hydrogen-bond donors (Lipinski definition) is 1. The zero-order valence-electron chi connectivity index (χ0n) is 9.78. The minimum absolute atomic E-state index is 0.0379. The van der Waals surface area contributed by atoms with Gasteiger partial charge >= 0.3 is 0 Å². The number of benzene rings is 1. The second-order valence-electron chi connectivity index (χ2n) is 4.20. The van der Waals surface area contributed by atoms with Gasteiger partial charge in [0, 0.05) is 35.1 Å². The Morgan fingerprint density at radius 2 is 2.11 bits per heavy atom. The van der Waals surface area contributed by atoms with E-state index in [1.54, 1.807) is 11.3 Å². The number of rotatable bonds is 3. The predicted molar refractivity (Wildman–Crippen MR) is 74.5 cm³/mol. The summed E-state index contributed by atoms with van der Waals surface area (Å²) in [5.41, 5.74) is 10.2. The van der Waals surface area contributed by atoms with Crippen LogP contribution in [0.1, 0.15) is 16.5 Å². The second-order valence-corrected chi connectivity index (χ2v) is 5.17. The van der Waals surface area contributed by atoms with E-state index >= 15 is 0 Å². The first kappa shape index (κ1) is 11.3. The van der Waals surface area contributed by atoms with Crippen LogP contribution in [0.3, 0.4) is 0 Å². The largest absolute Gasteiger partial charge is 0.324 e. The smallest absolute Gasteiger partial charge is 0.0794 e. The normalized spacial score (nSPS) is 12.7. The molecule has 0 aliphatic heterocycles. The van der Waals surface area contributed by atoms with Crippen LogP contribution in [0.25, 0.3) is 10.9 Å². The molecule has 0 saturated carbocycles. The van der Waals surface area contributed by atoms with Crippen molar-refractivity contribution < 1.29 is 0 Å². The summed E-state index contributed by atoms with van der Waals surface area (Å²) in [6.45, 7) is 0. The number of fused-ring (bicyclic) bond motifs is 1. The Bertz CT molecular complexity index is 644. The lowest BCUT2D eigenvalue weighted by Crippen LogP contribution is -2.13. The minimum atomic E-state index is -0.0379. The van der Waals surface area contributed by atoms with E-state index in [4.69, 9.17) is 5.73 Å². The third kappa shape index (κ3) is 2.12. The lowest BCUT2D eigenvalue weighted by Gasteiger charge is -2.12. The first-order valence-electron chi connectivity index (χ1n) is 5.81. The molecule has 1 unspecified atom stereocenters. The first-order chi connectivity index (χ1) is 8.84. The Labute approximate surface area is 109 Å². The summed E-state index contributed by atoms with van der Waals surface area (Å²) in [6, 6.07) is 10.1. The fraction of sp³-hybridized carbons (Fsp3) is 0.143. The number of hydrogen-bond acceptors (Lipinski definition) is 4. The summed E-state index contributed by atoms with van der Waals surface area (Å²) in [7, 11) is 0. The van der Waals surface area contributed by atoms with Gasteiger partial charge in [-0.2, -0.15) is 0 Å². The van der Waals surface area contributed by atoms with E-state index < -0.39 is 0 Å². The Hall–Kier alpha value is -1.78. The highest BCUT2D eigenvalue weighted by atomic mass is 32.1. The molecule has 0 radical (unpaired) electrons. The maximum absolute atomic E-state index is 6.29. The quantitative estimate of drug-likeness (QED) is 0.783. The van der Waals surface area contributed by atoms with Crippen LogP contribution in [0.5, 0.6) is 0 Å². The van der Waals surface area contributed by atoms with Crippen molar-refractivity contribution >= 4 is 22.2 Å². The third-order valence-electron chi connectivity index (χ3n) is 2.97. The van der Waals surface area contributed by atoms with Crippen molar-refractivity contribution in [1.82, 2.24) is 9.97 Å². The molecule has 0 amide bonds. The van der Waals surface area contributed by atoms with Gasteiger partial charge in [-0.25, -0.2) is 0 Å². The number of nitrogens with two attached hydrogens (primary N) is 1. The molecule has 3 nitrogen and oxygen atoms in total. The van der Waals surface area contributed by atoms with Crippen molar-refractivity contribution in [3.05, 3.63) is 58.7 Å². The lowest BCUT2D eigenvalue weighted by molar-refractivity contribution is 0.733. The van der Waals surface area contributed by atoms with E-state index in [-0.39, 0.29) is 6.04 Å². The summed E-state index contributed by atoms with van der Waals surface area (Å²) < 4.78 is 0. The molecule has 4 heteroatoms. The molecule has 0 spiro atoms. The van der Waals surface area contributed by atoms with Gasteiger partial charge in [0.05, 0.1) is 11.0 Å². The van der Waals surface area contributed by atoms with Gasteiger partial charge in [-0.1, -0.05) is 24.3 Å². The van der Waals surface area contributed by atoms with Crippen LogP contribution in [0.2, 0.25) is 0 Å². The van der Waals surface area contributed by atoms with Gasteiger partial charge < -0.3 is 5.73 Å². The van der Waals surface area contributed by atoms with Crippen molar-refractivity contribution in [1.29, 1.82) is 0 Å². The van der Waals surface area contributed by atoms with Crippen molar-refractivity contribution in [2.24, 2.45) is 5.73 Å². The number of aromatic nitrogens is 2. The molecular formula is C14H13N3S. The standard InChI is InChI=1S/C14H13N3S/c15-13(7-11-8-16-9-18-11)12-5-1-3-10-4-2-6-17-14(10)12/h1-6,8-9,13H,7,15H2. The molecule has 3 aromatic rings. The van der Waals surface area contributed by atoms with Gasteiger partial charge in [0.25, 0.3) is 0 Å². The summed E-state index contributed by atoms with van der Waals surface area (Å²) in [5, 5.41) is 1.13. The molecule has 3 rings (SSSR count). The van der Waals surface area contributed by atoms with Gasteiger partial charge in [0.15, 0.2) is 0 Å². The molecule has 90 valence electrons. The van der Waals surface area contributed by atoms with E-state index in [1.807, 2.05) is 30.0 Å². The molecule has 2 aromatic heterocycles. The third-order valence-corrected chi connectivity index (χ3v) is 3.77. The van der Waals surface area contributed by atoms with E-state index in [9.17, 15) is 0 Å². The highest BCUT2D eigenvalue weighted by molar-refractivity contribution is 7.09. The fourth-order valence-corrected chi connectivity index (χ4v) is 2.75. The van der Waals surface area contributed by atoms with Crippen molar-refractivity contribution in [3.63, 3.8) is 0 Å². The van der Waals surface area contributed by atoms with Crippen LogP contribution in [0.15, 0.2) is 48.2 Å². The second kappa shape index (κ2) is 4.84. The molecule has 2 N–H and O–H groups in total. The van der Waals surface area contributed by atoms with E-state index in [1.165, 1.54) is 4.88 Å². The van der Waals surface area contributed by atoms with Crippen LogP contribution < -0.4 is 5.73 Å². The van der Waals surface area contributed by atoms with Gasteiger partial charge in [-0.3, -0.25) is 9.97 Å². The van der Waals surface area contributed by atoms with E-state index in [2.05, 4.69) is 28.2 Å². The molecule has 0 aliphatic rings. The summed E-state index contributed by atoms with van der Waals surface area (Å²) >= 11 is 1.64. The molecule has 0 saturated heterocycles. The lowest BCUT2D eigenvalue weighted by atomic mass is 10.0. The Morgan fingerprint density at radius 1 is 1.22 bits per heavy atom. The van der Waals surface area contributed by atoms with Gasteiger partial charge in [-0.05, 0) is 11.6 Å². The molecule has 0 aliphatic carbocycles. The average molecular weight is 255 g/mol. The first-order valence-corrected chi connectivity index (χ1v) is 6.69. The summed E-state index contributed by atoms with van der Waals surface area (Å²) in [5.74, 6) is 0. The zero-order chi connectivity index (χ0) is 12.4. The molecule has 2 heterocycles. The van der Waals surface area contributed by atoms with Crippen molar-refractivity contribution in [3.8, 4) is 0 Å². The Balaban J connectivity index is 1.98. The number of thiazole rings is 1. The van der Waals surface area contributed by atoms with Crippen LogP contribution in [0, 0.1) is 0 Å². The van der Waals surface area contributed by atoms with Crippen molar-refractivity contribution in [2.45, 2.75) is 12.5 Å². The van der Waals surface area contributed by atoms with Gasteiger partial charge in [0.2, 0.25) is 0 Å². The summed E-state index contributed by atoms with van der Waals surface area (Å²) in [6.07, 6.45) is 4.49. The fourth-order valence-electron chi connectivity index (χ4n) is 2.10. The predicted octanol–water partition coefficient (Wildman–Crippen LogP) is 2.93. The Morgan fingerprint density at radius 3 is 2.94 bits per heavy atom. The van der Waals surface area contributed by atoms with Crippen LogP contribution in [-0.2, 0) is 6.42 Å². The molecule has 1 atom stereocenters.